The van der Waals surface area contributed by atoms with Crippen LogP contribution in [0.3, 0.4) is 0 Å². The molecule has 46 heavy (non-hydrogen) atoms. The first-order valence-corrected chi connectivity index (χ1v) is 15.2. The fourth-order valence-corrected chi connectivity index (χ4v) is 5.62. The lowest BCUT2D eigenvalue weighted by Crippen LogP contribution is -2.29. The van der Waals surface area contributed by atoms with Crippen LogP contribution < -0.4 is 9.62 Å². The molecular weight excluding hydrogens is 610 g/mol. The van der Waals surface area contributed by atoms with Gasteiger partial charge in [0.2, 0.25) is 0 Å². The Balaban J connectivity index is 1.11. The van der Waals surface area contributed by atoms with E-state index in [9.17, 15) is 27.9 Å². The molecule has 1 aliphatic heterocycles. The highest BCUT2D eigenvalue weighted by molar-refractivity contribution is 7.92. The zero-order valence-corrected chi connectivity index (χ0v) is 24.6. The minimum absolute atomic E-state index is 0.000952. The number of imide groups is 1. The molecule has 0 fully saturated rings. The second-order valence-corrected chi connectivity index (χ2v) is 11.6. The lowest BCUT2D eigenvalue weighted by molar-refractivity contribution is 0.0469. The molecule has 5 aromatic rings. The van der Waals surface area contributed by atoms with Crippen molar-refractivity contribution >= 4 is 50.7 Å². The first kappa shape index (κ1) is 29.8. The maximum absolute atomic E-state index is 12.9. The van der Waals surface area contributed by atoms with E-state index in [1.165, 1.54) is 54.7 Å². The average molecular weight is 634 g/mol. The first-order valence-electron chi connectivity index (χ1n) is 13.7. The molecule has 1 aromatic heterocycles. The molecule has 1 aliphatic rings. The molecule has 228 valence electrons. The highest BCUT2D eigenvalue weighted by Crippen LogP contribution is 2.30. The average Bonchev–Trinajstić information content (AvgIpc) is 3.33. The molecule has 0 unspecified atom stereocenters. The van der Waals surface area contributed by atoms with Crippen LogP contribution in [0.5, 0.6) is 5.75 Å². The topological polar surface area (TPSA) is 168 Å². The van der Waals surface area contributed by atoms with Gasteiger partial charge in [0.1, 0.15) is 23.7 Å². The van der Waals surface area contributed by atoms with Gasteiger partial charge in [-0.2, -0.15) is 10.2 Å². The second kappa shape index (κ2) is 12.4. The quantitative estimate of drug-likeness (QED) is 0.111. The Morgan fingerprint density at radius 1 is 0.804 bits per heavy atom. The summed E-state index contributed by atoms with van der Waals surface area (Å²) in [5.41, 5.74) is 1.89. The Morgan fingerprint density at radius 2 is 1.48 bits per heavy atom. The smallest absolute Gasteiger partial charge is 0.342 e. The predicted molar refractivity (Wildman–Crippen MR) is 167 cm³/mol. The van der Waals surface area contributed by atoms with Gasteiger partial charge in [0, 0.05) is 6.20 Å². The molecule has 2 N–H and O–H groups in total. The Bertz CT molecular complexity index is 2080. The number of benzene rings is 4. The number of sulfonamides is 1. The molecule has 0 atom stereocenters. The van der Waals surface area contributed by atoms with E-state index < -0.39 is 27.8 Å². The summed E-state index contributed by atoms with van der Waals surface area (Å²) in [7, 11) is -3.86. The Labute approximate surface area is 262 Å². The van der Waals surface area contributed by atoms with Crippen molar-refractivity contribution in [2.24, 2.45) is 10.2 Å². The molecule has 13 heteroatoms. The van der Waals surface area contributed by atoms with Crippen molar-refractivity contribution in [2.45, 2.75) is 11.5 Å². The number of carbonyl (C=O) groups excluding carboxylic acids is 3. The number of azo groups is 1. The number of hydrogen-bond acceptors (Lipinski definition) is 10. The first-order chi connectivity index (χ1) is 22.2. The second-order valence-electron chi connectivity index (χ2n) is 9.95. The molecule has 0 bridgehead atoms. The van der Waals surface area contributed by atoms with E-state index >= 15 is 0 Å². The van der Waals surface area contributed by atoms with Crippen LogP contribution in [-0.2, 0) is 21.4 Å². The van der Waals surface area contributed by atoms with Gasteiger partial charge >= 0.3 is 5.97 Å². The third-order valence-electron chi connectivity index (χ3n) is 6.86. The van der Waals surface area contributed by atoms with Crippen LogP contribution in [0.4, 0.5) is 22.9 Å². The maximum Gasteiger partial charge on any atom is 0.342 e. The minimum atomic E-state index is -3.86. The number of rotatable bonds is 9. The number of phenols is 1. The molecule has 6 rings (SSSR count). The van der Waals surface area contributed by atoms with E-state index in [1.807, 2.05) is 0 Å². The highest BCUT2D eigenvalue weighted by atomic mass is 32.2. The third kappa shape index (κ3) is 6.21. The van der Waals surface area contributed by atoms with Gasteiger partial charge < -0.3 is 9.84 Å². The number of phenolic OH excluding ortho intramolecular Hbond substituents is 1. The van der Waals surface area contributed by atoms with Gasteiger partial charge in [-0.25, -0.2) is 23.1 Å². The molecule has 0 radical (unpaired) electrons. The van der Waals surface area contributed by atoms with E-state index in [2.05, 4.69) is 19.9 Å². The zero-order valence-electron chi connectivity index (χ0n) is 23.8. The molecule has 4 aromatic carbocycles. The number of aromatic nitrogens is 1. The van der Waals surface area contributed by atoms with Crippen LogP contribution in [-0.4, -0.2) is 36.3 Å². The van der Waals surface area contributed by atoms with Gasteiger partial charge in [0.25, 0.3) is 21.8 Å². The van der Waals surface area contributed by atoms with E-state index in [-0.39, 0.29) is 34.3 Å². The van der Waals surface area contributed by atoms with E-state index in [4.69, 9.17) is 4.74 Å². The summed E-state index contributed by atoms with van der Waals surface area (Å²) < 4.78 is 33.0. The molecule has 0 aliphatic carbocycles. The largest absolute Gasteiger partial charge is 0.507 e. The lowest BCUT2D eigenvalue weighted by Gasteiger charge is -2.15. The van der Waals surface area contributed by atoms with Crippen molar-refractivity contribution in [3.63, 3.8) is 0 Å². The predicted octanol–water partition coefficient (Wildman–Crippen LogP) is 6.16. The van der Waals surface area contributed by atoms with Gasteiger partial charge in [-0.3, -0.25) is 14.3 Å². The van der Waals surface area contributed by atoms with Crippen LogP contribution in [0.25, 0.3) is 0 Å². The Morgan fingerprint density at radius 3 is 2.17 bits per heavy atom. The van der Waals surface area contributed by atoms with Crippen molar-refractivity contribution in [3.05, 3.63) is 138 Å². The molecular formula is C33H23N5O7S. The summed E-state index contributed by atoms with van der Waals surface area (Å²) in [6.07, 6.45) is 1.47. The number of ether oxygens (including phenoxy) is 1. The van der Waals surface area contributed by atoms with Crippen molar-refractivity contribution in [2.75, 3.05) is 9.62 Å². The Kier molecular flexibility index (Phi) is 8.06. The number of nitrogens with one attached hydrogen (secondary N) is 1. The van der Waals surface area contributed by atoms with Gasteiger partial charge in [0.15, 0.2) is 0 Å². The van der Waals surface area contributed by atoms with Gasteiger partial charge in [0.05, 0.1) is 33.1 Å². The SMILES string of the molecule is O=C(OCc1cccc(N2C(=O)c3ccccc3C2=O)c1)c1cc(N=Nc2ccc(S(=O)(=O)Nc3ccccn3)cc2)ccc1O. The molecule has 0 saturated heterocycles. The molecule has 0 spiro atoms. The van der Waals surface area contributed by atoms with Crippen LogP contribution in [0.15, 0.2) is 131 Å². The van der Waals surface area contributed by atoms with Crippen LogP contribution >= 0.6 is 0 Å². The number of nitrogens with zero attached hydrogens (tertiary/aromatic N) is 4. The number of hydrogen-bond donors (Lipinski definition) is 2. The molecule has 2 amide bonds. The van der Waals surface area contributed by atoms with Crippen molar-refractivity contribution in [1.82, 2.24) is 4.98 Å². The fourth-order valence-electron chi connectivity index (χ4n) is 4.61. The zero-order chi connectivity index (χ0) is 32.3. The summed E-state index contributed by atoms with van der Waals surface area (Å²) in [5.74, 6) is -1.87. The lowest BCUT2D eigenvalue weighted by atomic mass is 10.1. The van der Waals surface area contributed by atoms with Crippen LogP contribution in [0.2, 0.25) is 0 Å². The van der Waals surface area contributed by atoms with Crippen molar-refractivity contribution < 1.29 is 32.6 Å². The number of carbonyl (C=O) groups is 3. The summed E-state index contributed by atoms with van der Waals surface area (Å²) in [5, 5.41) is 18.5. The summed E-state index contributed by atoms with van der Waals surface area (Å²) >= 11 is 0. The van der Waals surface area contributed by atoms with Crippen LogP contribution in [0, 0.1) is 0 Å². The number of pyridine rings is 1. The van der Waals surface area contributed by atoms with Crippen molar-refractivity contribution in [3.8, 4) is 5.75 Å². The van der Waals surface area contributed by atoms with Gasteiger partial charge in [-0.1, -0.05) is 30.3 Å². The third-order valence-corrected chi connectivity index (χ3v) is 8.24. The molecule has 12 nitrogen and oxygen atoms in total. The summed E-state index contributed by atoms with van der Waals surface area (Å²) in [4.78, 5) is 43.6. The summed E-state index contributed by atoms with van der Waals surface area (Å²) in [6, 6.07) is 27.6. The molecule has 0 saturated carbocycles. The number of esters is 1. The van der Waals surface area contributed by atoms with E-state index in [1.54, 1.807) is 60.7 Å². The number of aromatic hydroxyl groups is 1. The normalized spacial score (nSPS) is 12.7. The maximum atomic E-state index is 12.9. The van der Waals surface area contributed by atoms with Crippen LogP contribution in [0.1, 0.15) is 36.6 Å². The Hall–Kier alpha value is -6.21. The number of anilines is 2. The number of amides is 2. The number of fused-ring (bicyclic) bond motifs is 1. The van der Waals surface area contributed by atoms with E-state index in [0.29, 0.717) is 28.1 Å². The fraction of sp³-hybridized carbons (Fsp3) is 0.0303. The molecule has 2 heterocycles. The standard InChI is InChI=1S/C33H23N5O7S/c39-29-16-13-23(36-35-22-11-14-25(15-12-22)46(43,44)37-30-10-3-4-17-34-30)19-28(29)33(42)45-20-21-6-5-7-24(18-21)38-31(40)26-8-1-2-9-27(26)32(38)41/h1-19,39H,20H2,(H,34,37). The monoisotopic (exact) mass is 633 g/mol. The highest BCUT2D eigenvalue weighted by Gasteiger charge is 2.36. The van der Waals surface area contributed by atoms with E-state index in [0.717, 1.165) is 4.90 Å². The van der Waals surface area contributed by atoms with Gasteiger partial charge in [-0.05, 0) is 84.4 Å². The summed E-state index contributed by atoms with van der Waals surface area (Å²) in [6.45, 7) is -0.203. The van der Waals surface area contributed by atoms with Crippen molar-refractivity contribution in [1.29, 1.82) is 0 Å². The van der Waals surface area contributed by atoms with Gasteiger partial charge in [-0.15, -0.1) is 0 Å². The minimum Gasteiger partial charge on any atom is -0.507 e.